The van der Waals surface area contributed by atoms with Gasteiger partial charge in [0, 0.05) is 23.5 Å². The Balaban J connectivity index is 1.90. The van der Waals surface area contributed by atoms with E-state index in [9.17, 15) is 29.1 Å². The molecule has 3 unspecified atom stereocenters. The number of aliphatic carboxylic acids is 2. The molecule has 0 radical (unpaired) electrons. The molecule has 0 aliphatic rings. The normalized spacial score (nSPS) is 13.4. The fourth-order valence-electron chi connectivity index (χ4n) is 3.48. The summed E-state index contributed by atoms with van der Waals surface area (Å²) in [5.74, 6) is -4.02. The van der Waals surface area contributed by atoms with Crippen LogP contribution < -0.4 is 21.7 Å². The lowest BCUT2D eigenvalue weighted by Gasteiger charge is -2.21. The van der Waals surface area contributed by atoms with Gasteiger partial charge in [0.2, 0.25) is 17.7 Å². The van der Waals surface area contributed by atoms with Crippen LogP contribution in [0.25, 0.3) is 10.9 Å². The van der Waals surface area contributed by atoms with E-state index in [1.807, 2.05) is 24.3 Å². The first-order chi connectivity index (χ1) is 17.1. The summed E-state index contributed by atoms with van der Waals surface area (Å²) in [7, 11) is 0. The van der Waals surface area contributed by atoms with Crippen LogP contribution in [0.3, 0.4) is 0 Å². The zero-order valence-electron chi connectivity index (χ0n) is 19.8. The van der Waals surface area contributed by atoms with Crippen LogP contribution in [0.5, 0.6) is 0 Å². The Morgan fingerprint density at radius 2 is 1.75 bits per heavy atom. The molecule has 0 aliphatic carbocycles. The number of carboxylic acid groups (broad SMARTS) is 2. The molecular formula is C23H31N5O7S. The fourth-order valence-corrected chi connectivity index (χ4v) is 3.95. The number of carbonyl (C=O) groups excluding carboxylic acids is 3. The van der Waals surface area contributed by atoms with E-state index in [1.54, 1.807) is 12.5 Å². The van der Waals surface area contributed by atoms with Crippen molar-refractivity contribution in [2.75, 3.05) is 18.6 Å². The quantitative estimate of drug-likeness (QED) is 0.166. The molecule has 1 heterocycles. The molecular weight excluding hydrogens is 490 g/mol. The molecule has 0 saturated carbocycles. The zero-order valence-corrected chi connectivity index (χ0v) is 20.6. The van der Waals surface area contributed by atoms with Gasteiger partial charge in [0.1, 0.15) is 12.1 Å². The second-order valence-electron chi connectivity index (χ2n) is 8.12. The first kappa shape index (κ1) is 28.7. The van der Waals surface area contributed by atoms with Gasteiger partial charge in [-0.05, 0) is 42.9 Å². The van der Waals surface area contributed by atoms with Gasteiger partial charge >= 0.3 is 11.9 Å². The second kappa shape index (κ2) is 14.1. The summed E-state index contributed by atoms with van der Waals surface area (Å²) < 4.78 is 0. The molecule has 196 valence electrons. The third kappa shape index (κ3) is 8.89. The Labute approximate surface area is 211 Å². The van der Waals surface area contributed by atoms with Gasteiger partial charge in [0.25, 0.3) is 0 Å². The fraction of sp³-hybridized carbons (Fsp3) is 0.435. The van der Waals surface area contributed by atoms with Crippen molar-refractivity contribution in [2.24, 2.45) is 5.73 Å². The largest absolute Gasteiger partial charge is 0.481 e. The number of hydrogen-bond acceptors (Lipinski definition) is 7. The molecule has 2 aromatic rings. The topological polar surface area (TPSA) is 204 Å². The number of fused-ring (bicyclic) bond motifs is 1. The minimum absolute atomic E-state index is 0.206. The van der Waals surface area contributed by atoms with Crippen LogP contribution in [0.2, 0.25) is 0 Å². The summed E-state index contributed by atoms with van der Waals surface area (Å²) in [6.07, 6.45) is 3.30. The van der Waals surface area contributed by atoms with Crippen LogP contribution in [-0.2, 0) is 30.4 Å². The van der Waals surface area contributed by atoms with E-state index in [1.165, 1.54) is 11.8 Å². The Bertz CT molecular complexity index is 1090. The Morgan fingerprint density at radius 3 is 2.42 bits per heavy atom. The number of H-pyrrole nitrogens is 1. The van der Waals surface area contributed by atoms with E-state index in [-0.39, 0.29) is 19.3 Å². The maximum absolute atomic E-state index is 12.6. The number of benzene rings is 1. The van der Waals surface area contributed by atoms with Gasteiger partial charge < -0.3 is 36.9 Å². The third-order valence-electron chi connectivity index (χ3n) is 5.40. The lowest BCUT2D eigenvalue weighted by Crippen LogP contribution is -2.54. The van der Waals surface area contributed by atoms with Gasteiger partial charge in [-0.25, -0.2) is 4.79 Å². The van der Waals surface area contributed by atoms with E-state index in [0.29, 0.717) is 5.75 Å². The number of aromatic nitrogens is 1. The molecule has 12 nitrogen and oxygen atoms in total. The number of thioether (sulfide) groups is 1. The van der Waals surface area contributed by atoms with Gasteiger partial charge in [0.05, 0.1) is 12.6 Å². The SMILES string of the molecule is CSCCC(NC(=O)CNC(=O)C(N)Cc1c[nH]c2ccccc12)C(=O)NC(CCC(=O)O)C(=O)O. The van der Waals surface area contributed by atoms with Crippen molar-refractivity contribution in [3.05, 3.63) is 36.0 Å². The molecule has 0 bridgehead atoms. The Kier molecular flexibility index (Phi) is 11.2. The Hall–Kier alpha value is -3.58. The highest BCUT2D eigenvalue weighted by molar-refractivity contribution is 7.98. The van der Waals surface area contributed by atoms with Crippen molar-refractivity contribution in [1.29, 1.82) is 0 Å². The summed E-state index contributed by atoms with van der Waals surface area (Å²) in [5, 5.41) is 26.2. The van der Waals surface area contributed by atoms with Crippen LogP contribution in [0.15, 0.2) is 30.5 Å². The molecule has 8 N–H and O–H groups in total. The van der Waals surface area contributed by atoms with Crippen molar-refractivity contribution in [3.63, 3.8) is 0 Å². The highest BCUT2D eigenvalue weighted by Gasteiger charge is 2.27. The number of hydrogen-bond donors (Lipinski definition) is 7. The third-order valence-corrected chi connectivity index (χ3v) is 6.04. The van der Waals surface area contributed by atoms with E-state index in [2.05, 4.69) is 20.9 Å². The van der Waals surface area contributed by atoms with Crippen LogP contribution in [0, 0.1) is 0 Å². The van der Waals surface area contributed by atoms with Crippen molar-refractivity contribution >= 4 is 52.3 Å². The molecule has 0 saturated heterocycles. The molecule has 0 fully saturated rings. The number of aromatic amines is 1. The molecule has 3 amide bonds. The van der Waals surface area contributed by atoms with Gasteiger partial charge in [-0.15, -0.1) is 0 Å². The average Bonchev–Trinajstić information content (AvgIpc) is 3.24. The maximum Gasteiger partial charge on any atom is 0.326 e. The van der Waals surface area contributed by atoms with Gasteiger partial charge in [-0.1, -0.05) is 18.2 Å². The van der Waals surface area contributed by atoms with Crippen LogP contribution >= 0.6 is 11.8 Å². The maximum atomic E-state index is 12.6. The van der Waals surface area contributed by atoms with E-state index < -0.39 is 60.8 Å². The monoisotopic (exact) mass is 521 g/mol. The smallest absolute Gasteiger partial charge is 0.326 e. The number of para-hydroxylation sites is 1. The summed E-state index contributed by atoms with van der Waals surface area (Å²) in [5.41, 5.74) is 7.79. The van der Waals surface area contributed by atoms with E-state index in [0.717, 1.165) is 16.5 Å². The van der Waals surface area contributed by atoms with E-state index in [4.69, 9.17) is 10.8 Å². The van der Waals surface area contributed by atoms with Gasteiger partial charge in [0.15, 0.2) is 0 Å². The molecule has 36 heavy (non-hydrogen) atoms. The van der Waals surface area contributed by atoms with Gasteiger partial charge in [-0.2, -0.15) is 11.8 Å². The highest BCUT2D eigenvalue weighted by Crippen LogP contribution is 2.18. The molecule has 0 aliphatic heterocycles. The lowest BCUT2D eigenvalue weighted by atomic mass is 10.1. The van der Waals surface area contributed by atoms with Crippen LogP contribution in [0.1, 0.15) is 24.8 Å². The van der Waals surface area contributed by atoms with Crippen LogP contribution in [0.4, 0.5) is 0 Å². The van der Waals surface area contributed by atoms with E-state index >= 15 is 0 Å². The number of amides is 3. The molecule has 13 heteroatoms. The van der Waals surface area contributed by atoms with Crippen molar-refractivity contribution < 1.29 is 34.2 Å². The number of nitrogens with two attached hydrogens (primary N) is 1. The molecule has 0 spiro atoms. The van der Waals surface area contributed by atoms with Crippen molar-refractivity contribution in [1.82, 2.24) is 20.9 Å². The average molecular weight is 522 g/mol. The van der Waals surface area contributed by atoms with Crippen molar-refractivity contribution in [2.45, 2.75) is 43.8 Å². The predicted octanol–water partition coefficient (Wildman–Crippen LogP) is -0.174. The lowest BCUT2D eigenvalue weighted by molar-refractivity contribution is -0.143. The Morgan fingerprint density at radius 1 is 1.03 bits per heavy atom. The minimum atomic E-state index is -1.41. The van der Waals surface area contributed by atoms with Crippen molar-refractivity contribution in [3.8, 4) is 0 Å². The van der Waals surface area contributed by atoms with Crippen LogP contribution in [-0.4, -0.2) is 81.5 Å². The molecule has 3 atom stereocenters. The minimum Gasteiger partial charge on any atom is -0.481 e. The standard InChI is InChI=1S/C23H31N5O7S/c1-36-9-8-17(22(33)28-18(23(34)35)6-7-20(30)31)27-19(29)12-26-21(32)15(24)10-13-11-25-16-5-3-2-4-14(13)16/h2-5,11,15,17-18,25H,6-10,12,24H2,1H3,(H,26,32)(H,27,29)(H,28,33)(H,30,31)(H,34,35). The second-order valence-corrected chi connectivity index (χ2v) is 9.11. The first-order valence-electron chi connectivity index (χ1n) is 11.2. The summed E-state index contributed by atoms with van der Waals surface area (Å²) in [4.78, 5) is 62.7. The summed E-state index contributed by atoms with van der Waals surface area (Å²) >= 11 is 1.42. The predicted molar refractivity (Wildman–Crippen MR) is 134 cm³/mol. The molecule has 2 rings (SSSR count). The number of rotatable bonds is 15. The number of carbonyl (C=O) groups is 5. The number of carboxylic acids is 2. The summed E-state index contributed by atoms with van der Waals surface area (Å²) in [6.45, 7) is -0.426. The first-order valence-corrected chi connectivity index (χ1v) is 12.6. The highest BCUT2D eigenvalue weighted by atomic mass is 32.2. The number of nitrogens with one attached hydrogen (secondary N) is 4. The van der Waals surface area contributed by atoms with Gasteiger partial charge in [-0.3, -0.25) is 19.2 Å². The molecule has 1 aromatic heterocycles. The molecule has 1 aromatic carbocycles. The zero-order chi connectivity index (χ0) is 26.7. The summed E-state index contributed by atoms with van der Waals surface area (Å²) in [6, 6.07) is 4.21.